The predicted octanol–water partition coefficient (Wildman–Crippen LogP) is 2.93. The fourth-order valence-electron chi connectivity index (χ4n) is 2.63. The number of anilines is 2. The highest BCUT2D eigenvalue weighted by molar-refractivity contribution is 6.11. The van der Waals surface area contributed by atoms with E-state index in [4.69, 9.17) is 4.74 Å². The number of nitrogens with one attached hydrogen (secondary N) is 1. The van der Waals surface area contributed by atoms with Crippen molar-refractivity contribution in [1.29, 1.82) is 0 Å². The molecule has 1 aliphatic rings. The monoisotopic (exact) mass is 310 g/mol. The Hall–Kier alpha value is -2.82. The normalized spacial score (nSPS) is 17.0. The summed E-state index contributed by atoms with van der Waals surface area (Å²) in [6.45, 7) is 2.14. The van der Waals surface area contributed by atoms with Crippen LogP contribution in [0.25, 0.3) is 0 Å². The van der Waals surface area contributed by atoms with Crippen molar-refractivity contribution in [3.8, 4) is 5.75 Å². The maximum absolute atomic E-state index is 13.0. The second kappa shape index (κ2) is 6.12. The Kier molecular flexibility index (Phi) is 4.02. The minimum absolute atomic E-state index is 0.0848. The molecule has 0 bridgehead atoms. The largest absolute Gasteiger partial charge is 0.497 e. The lowest BCUT2D eigenvalue weighted by Gasteiger charge is -2.23. The maximum Gasteiger partial charge on any atom is 0.258 e. The van der Waals surface area contributed by atoms with Crippen LogP contribution in [0.2, 0.25) is 0 Å². The van der Waals surface area contributed by atoms with Gasteiger partial charge >= 0.3 is 0 Å². The van der Waals surface area contributed by atoms with Crippen LogP contribution >= 0.6 is 0 Å². The van der Waals surface area contributed by atoms with Gasteiger partial charge in [0, 0.05) is 12.1 Å². The van der Waals surface area contributed by atoms with E-state index in [1.807, 2.05) is 25.1 Å². The first-order chi connectivity index (χ1) is 11.1. The van der Waals surface area contributed by atoms with Crippen molar-refractivity contribution in [2.24, 2.45) is 5.92 Å². The molecule has 0 spiro atoms. The summed E-state index contributed by atoms with van der Waals surface area (Å²) in [7, 11) is 1.56. The van der Waals surface area contributed by atoms with Crippen LogP contribution in [0.3, 0.4) is 0 Å². The molecule has 0 saturated carbocycles. The summed E-state index contributed by atoms with van der Waals surface area (Å²) < 4.78 is 5.19. The highest BCUT2D eigenvalue weighted by Gasteiger charge is 2.29. The number of nitrogens with zero attached hydrogens (tertiary/aromatic N) is 1. The summed E-state index contributed by atoms with van der Waals surface area (Å²) in [6.07, 6.45) is 0. The van der Waals surface area contributed by atoms with Crippen molar-refractivity contribution in [2.45, 2.75) is 6.92 Å². The van der Waals surface area contributed by atoms with Gasteiger partial charge in [-0.05, 0) is 30.3 Å². The fourth-order valence-corrected chi connectivity index (χ4v) is 2.63. The molecule has 2 amide bonds. The molecule has 2 aromatic carbocycles. The summed E-state index contributed by atoms with van der Waals surface area (Å²) in [6, 6.07) is 14.4. The molecule has 1 N–H and O–H groups in total. The van der Waals surface area contributed by atoms with Crippen LogP contribution in [0.5, 0.6) is 5.75 Å². The van der Waals surface area contributed by atoms with E-state index in [1.165, 1.54) is 0 Å². The lowest BCUT2D eigenvalue weighted by Crippen LogP contribution is -2.35. The molecule has 1 heterocycles. The second-order valence-electron chi connectivity index (χ2n) is 5.56. The average Bonchev–Trinajstić information content (AvgIpc) is 2.71. The Morgan fingerprint density at radius 3 is 2.78 bits per heavy atom. The molecular weight excluding hydrogens is 292 g/mol. The number of benzene rings is 2. The zero-order chi connectivity index (χ0) is 16.4. The quantitative estimate of drug-likeness (QED) is 0.928. The van der Waals surface area contributed by atoms with Gasteiger partial charge in [-0.3, -0.25) is 9.59 Å². The number of rotatable bonds is 2. The van der Waals surface area contributed by atoms with Crippen molar-refractivity contribution < 1.29 is 14.3 Å². The van der Waals surface area contributed by atoms with Gasteiger partial charge in [0.25, 0.3) is 5.91 Å². The summed E-state index contributed by atoms with van der Waals surface area (Å²) in [5.41, 5.74) is 1.89. The molecular formula is C18H18N2O3. The van der Waals surface area contributed by atoms with Crippen molar-refractivity contribution in [1.82, 2.24) is 0 Å². The minimum Gasteiger partial charge on any atom is -0.497 e. The van der Waals surface area contributed by atoms with Crippen molar-refractivity contribution in [2.75, 3.05) is 23.9 Å². The van der Waals surface area contributed by atoms with Crippen LogP contribution in [-0.2, 0) is 4.79 Å². The Balaban J connectivity index is 2.03. The van der Waals surface area contributed by atoms with E-state index in [1.54, 1.807) is 42.3 Å². The van der Waals surface area contributed by atoms with E-state index in [0.29, 0.717) is 29.2 Å². The van der Waals surface area contributed by atoms with Gasteiger partial charge in [-0.1, -0.05) is 25.1 Å². The first-order valence-electron chi connectivity index (χ1n) is 7.46. The highest BCUT2D eigenvalue weighted by Crippen LogP contribution is 2.31. The van der Waals surface area contributed by atoms with E-state index in [9.17, 15) is 9.59 Å². The van der Waals surface area contributed by atoms with Gasteiger partial charge in [-0.15, -0.1) is 0 Å². The van der Waals surface area contributed by atoms with Gasteiger partial charge in [-0.25, -0.2) is 0 Å². The molecule has 1 atom stereocenters. The third-order valence-electron chi connectivity index (χ3n) is 3.92. The van der Waals surface area contributed by atoms with Crippen molar-refractivity contribution in [3.05, 3.63) is 54.1 Å². The lowest BCUT2D eigenvalue weighted by molar-refractivity contribution is -0.119. The first kappa shape index (κ1) is 15.1. The van der Waals surface area contributed by atoms with E-state index in [0.717, 1.165) is 0 Å². The smallest absolute Gasteiger partial charge is 0.258 e. The number of carbonyl (C=O) groups is 2. The molecule has 0 saturated heterocycles. The molecule has 1 aliphatic heterocycles. The first-order valence-corrected chi connectivity index (χ1v) is 7.46. The molecule has 0 aromatic heterocycles. The van der Waals surface area contributed by atoms with Gasteiger partial charge in [0.1, 0.15) is 5.75 Å². The topological polar surface area (TPSA) is 58.6 Å². The molecule has 23 heavy (non-hydrogen) atoms. The van der Waals surface area contributed by atoms with Crippen LogP contribution in [0.1, 0.15) is 17.3 Å². The molecule has 5 heteroatoms. The zero-order valence-electron chi connectivity index (χ0n) is 13.1. The van der Waals surface area contributed by atoms with Crippen LogP contribution < -0.4 is 15.0 Å². The summed E-state index contributed by atoms with van der Waals surface area (Å²) in [5.74, 6) is 0.0938. The number of para-hydroxylation sites is 2. The van der Waals surface area contributed by atoms with Crippen molar-refractivity contribution in [3.63, 3.8) is 0 Å². The van der Waals surface area contributed by atoms with Gasteiger partial charge in [0.15, 0.2) is 0 Å². The number of hydrogen-bond acceptors (Lipinski definition) is 3. The average molecular weight is 310 g/mol. The van der Waals surface area contributed by atoms with Gasteiger partial charge in [0.2, 0.25) is 5.91 Å². The number of hydrogen-bond donors (Lipinski definition) is 1. The SMILES string of the molecule is COc1cccc(C(=O)N2C[C@H](C)C(=O)Nc3ccccc32)c1. The maximum atomic E-state index is 13.0. The fraction of sp³-hybridized carbons (Fsp3) is 0.222. The number of carbonyl (C=O) groups excluding carboxylic acids is 2. The lowest BCUT2D eigenvalue weighted by atomic mass is 10.1. The summed E-state index contributed by atoms with van der Waals surface area (Å²) >= 11 is 0. The molecule has 118 valence electrons. The number of methoxy groups -OCH3 is 1. The molecule has 0 unspecified atom stereocenters. The minimum atomic E-state index is -0.294. The third kappa shape index (κ3) is 2.90. The van der Waals surface area contributed by atoms with Crippen LogP contribution in [0.15, 0.2) is 48.5 Å². The van der Waals surface area contributed by atoms with Crippen molar-refractivity contribution >= 4 is 23.2 Å². The standard InChI is InChI=1S/C18H18N2O3/c1-12-11-20(16-9-4-3-8-15(16)19-17(12)21)18(22)13-6-5-7-14(10-13)23-2/h3-10,12H,11H2,1-2H3,(H,19,21)/t12-/m0/s1. The molecule has 5 nitrogen and oxygen atoms in total. The van der Waals surface area contributed by atoms with Gasteiger partial charge in [0.05, 0.1) is 24.4 Å². The molecule has 3 rings (SSSR count). The van der Waals surface area contributed by atoms with Crippen LogP contribution in [0, 0.1) is 5.92 Å². The zero-order valence-corrected chi connectivity index (χ0v) is 13.1. The van der Waals surface area contributed by atoms with E-state index in [2.05, 4.69) is 5.32 Å². The Morgan fingerprint density at radius 1 is 1.22 bits per heavy atom. The van der Waals surface area contributed by atoms with Gasteiger partial charge < -0.3 is 15.0 Å². The molecule has 0 fully saturated rings. The van der Waals surface area contributed by atoms with Crippen LogP contribution in [-0.4, -0.2) is 25.5 Å². The molecule has 0 aliphatic carbocycles. The third-order valence-corrected chi connectivity index (χ3v) is 3.92. The molecule has 0 radical (unpaired) electrons. The second-order valence-corrected chi connectivity index (χ2v) is 5.56. The summed E-state index contributed by atoms with van der Waals surface area (Å²) in [4.78, 5) is 26.7. The van der Waals surface area contributed by atoms with E-state index < -0.39 is 0 Å². The Bertz CT molecular complexity index is 757. The molecule has 2 aromatic rings. The predicted molar refractivity (Wildman–Crippen MR) is 88.9 cm³/mol. The summed E-state index contributed by atoms with van der Waals surface area (Å²) in [5, 5.41) is 2.87. The highest BCUT2D eigenvalue weighted by atomic mass is 16.5. The Morgan fingerprint density at radius 2 is 2.00 bits per heavy atom. The van der Waals surface area contributed by atoms with E-state index >= 15 is 0 Å². The van der Waals surface area contributed by atoms with E-state index in [-0.39, 0.29) is 17.7 Å². The number of amides is 2. The number of ether oxygens (including phenoxy) is 1. The van der Waals surface area contributed by atoms with Crippen LogP contribution in [0.4, 0.5) is 11.4 Å². The number of fused-ring (bicyclic) bond motifs is 1. The van der Waals surface area contributed by atoms with Gasteiger partial charge in [-0.2, -0.15) is 0 Å². The Labute approximate surface area is 134 Å².